The van der Waals surface area contributed by atoms with Crippen molar-refractivity contribution < 1.29 is 0 Å². The second-order valence-corrected chi connectivity index (χ2v) is 5.82. The lowest BCUT2D eigenvalue weighted by molar-refractivity contribution is 0.321. The number of pyridine rings is 1. The van der Waals surface area contributed by atoms with Crippen LogP contribution >= 0.6 is 15.9 Å². The maximum atomic E-state index is 6.14. The van der Waals surface area contributed by atoms with Crippen molar-refractivity contribution in [3.8, 4) is 0 Å². The molecule has 2 atom stereocenters. The Morgan fingerprint density at radius 2 is 2.24 bits per heavy atom. The Kier molecular flexibility index (Phi) is 4.40. The molecule has 1 aromatic rings. The third-order valence-electron chi connectivity index (χ3n) is 3.54. The molecule has 0 bridgehead atoms. The molecule has 4 heteroatoms. The summed E-state index contributed by atoms with van der Waals surface area (Å²) in [5, 5.41) is 3.43. The molecule has 0 radical (unpaired) electrons. The van der Waals surface area contributed by atoms with Gasteiger partial charge >= 0.3 is 0 Å². The van der Waals surface area contributed by atoms with Crippen LogP contribution in [0.4, 0.5) is 5.82 Å². The predicted molar refractivity (Wildman–Crippen MR) is 75.1 cm³/mol. The van der Waals surface area contributed by atoms with E-state index in [1.165, 1.54) is 31.2 Å². The number of hydrogen-bond donors (Lipinski definition) is 2. The third-order valence-corrected chi connectivity index (χ3v) is 3.98. The van der Waals surface area contributed by atoms with Crippen LogP contribution in [-0.2, 0) is 0 Å². The SMILES string of the molecule is Cc1cc(Br)cnc1NCC1CCCCC1N. The van der Waals surface area contributed by atoms with Gasteiger partial charge in [-0.1, -0.05) is 12.8 Å². The second kappa shape index (κ2) is 5.83. The summed E-state index contributed by atoms with van der Waals surface area (Å²) >= 11 is 3.42. The number of aryl methyl sites for hydroxylation is 1. The molecule has 0 aliphatic heterocycles. The van der Waals surface area contributed by atoms with Crippen LogP contribution in [0, 0.1) is 12.8 Å². The topological polar surface area (TPSA) is 50.9 Å². The lowest BCUT2D eigenvalue weighted by atomic mass is 9.85. The van der Waals surface area contributed by atoms with Crippen molar-refractivity contribution in [3.63, 3.8) is 0 Å². The van der Waals surface area contributed by atoms with Gasteiger partial charge in [0.15, 0.2) is 0 Å². The van der Waals surface area contributed by atoms with Crippen LogP contribution in [0.2, 0.25) is 0 Å². The minimum Gasteiger partial charge on any atom is -0.370 e. The van der Waals surface area contributed by atoms with Crippen LogP contribution < -0.4 is 11.1 Å². The lowest BCUT2D eigenvalue weighted by Crippen LogP contribution is -2.37. The Morgan fingerprint density at radius 3 is 2.94 bits per heavy atom. The monoisotopic (exact) mass is 297 g/mol. The highest BCUT2D eigenvalue weighted by molar-refractivity contribution is 9.10. The van der Waals surface area contributed by atoms with Crippen molar-refractivity contribution in [2.75, 3.05) is 11.9 Å². The number of nitrogens with one attached hydrogen (secondary N) is 1. The van der Waals surface area contributed by atoms with Crippen molar-refractivity contribution in [1.82, 2.24) is 4.98 Å². The van der Waals surface area contributed by atoms with Crippen LogP contribution in [0.5, 0.6) is 0 Å². The average molecular weight is 298 g/mol. The molecule has 0 amide bonds. The summed E-state index contributed by atoms with van der Waals surface area (Å²) < 4.78 is 1.02. The fourth-order valence-corrected chi connectivity index (χ4v) is 2.89. The highest BCUT2D eigenvalue weighted by Crippen LogP contribution is 2.24. The number of hydrogen-bond acceptors (Lipinski definition) is 3. The maximum absolute atomic E-state index is 6.14. The van der Waals surface area contributed by atoms with Gasteiger partial charge in [-0.3, -0.25) is 0 Å². The molecule has 2 rings (SSSR count). The minimum absolute atomic E-state index is 0.354. The molecule has 1 aliphatic rings. The van der Waals surface area contributed by atoms with E-state index in [2.05, 4.69) is 39.2 Å². The zero-order valence-corrected chi connectivity index (χ0v) is 11.8. The van der Waals surface area contributed by atoms with Crippen molar-refractivity contribution in [2.24, 2.45) is 11.7 Å². The number of aromatic nitrogens is 1. The zero-order chi connectivity index (χ0) is 12.3. The summed E-state index contributed by atoms with van der Waals surface area (Å²) in [6.45, 7) is 3.01. The van der Waals surface area contributed by atoms with Gasteiger partial charge in [-0.25, -0.2) is 4.98 Å². The number of anilines is 1. The normalized spacial score (nSPS) is 24.6. The molecule has 1 heterocycles. The van der Waals surface area contributed by atoms with Crippen LogP contribution in [-0.4, -0.2) is 17.6 Å². The second-order valence-electron chi connectivity index (χ2n) is 4.91. The summed E-state index contributed by atoms with van der Waals surface area (Å²) in [5.74, 6) is 1.57. The molecule has 0 saturated heterocycles. The average Bonchev–Trinajstić information content (AvgIpc) is 2.30. The zero-order valence-electron chi connectivity index (χ0n) is 10.2. The Hall–Kier alpha value is -0.610. The number of nitrogens with zero attached hydrogens (tertiary/aromatic N) is 1. The fraction of sp³-hybridized carbons (Fsp3) is 0.615. The van der Waals surface area contributed by atoms with Gasteiger partial charge in [0.1, 0.15) is 5.82 Å². The Bertz CT molecular complexity index is 381. The first-order valence-electron chi connectivity index (χ1n) is 6.28. The van der Waals surface area contributed by atoms with Gasteiger partial charge in [-0.05, 0) is 53.2 Å². The summed E-state index contributed by atoms with van der Waals surface area (Å²) in [6, 6.07) is 2.43. The molecule has 0 aromatic carbocycles. The predicted octanol–water partition coefficient (Wildman–Crippen LogP) is 3.08. The van der Waals surface area contributed by atoms with E-state index in [-0.39, 0.29) is 0 Å². The molecule has 1 fully saturated rings. The summed E-state index contributed by atoms with van der Waals surface area (Å²) in [6.07, 6.45) is 6.83. The maximum Gasteiger partial charge on any atom is 0.128 e. The standard InChI is InChI=1S/C13H20BrN3/c1-9-6-11(14)8-17-13(9)16-7-10-4-2-3-5-12(10)15/h6,8,10,12H,2-5,7,15H2,1H3,(H,16,17). The number of nitrogens with two attached hydrogens (primary N) is 1. The fourth-order valence-electron chi connectivity index (χ4n) is 2.44. The number of halogens is 1. The summed E-state index contributed by atoms with van der Waals surface area (Å²) in [7, 11) is 0. The summed E-state index contributed by atoms with van der Waals surface area (Å²) in [5.41, 5.74) is 7.31. The molecule has 1 aliphatic carbocycles. The first-order valence-corrected chi connectivity index (χ1v) is 7.07. The molecular formula is C13H20BrN3. The van der Waals surface area contributed by atoms with Gasteiger partial charge in [0.05, 0.1) is 0 Å². The molecule has 3 N–H and O–H groups in total. The van der Waals surface area contributed by atoms with Crippen molar-refractivity contribution in [3.05, 3.63) is 22.3 Å². The van der Waals surface area contributed by atoms with Gasteiger partial charge in [-0.2, -0.15) is 0 Å². The summed E-state index contributed by atoms with van der Waals surface area (Å²) in [4.78, 5) is 4.39. The van der Waals surface area contributed by atoms with Crippen LogP contribution in [0.25, 0.3) is 0 Å². The minimum atomic E-state index is 0.354. The van der Waals surface area contributed by atoms with Crippen LogP contribution in [0.1, 0.15) is 31.2 Å². The Balaban J connectivity index is 1.92. The molecule has 0 spiro atoms. The van der Waals surface area contributed by atoms with Gasteiger partial charge in [0, 0.05) is 23.3 Å². The van der Waals surface area contributed by atoms with Crippen molar-refractivity contribution in [1.29, 1.82) is 0 Å². The lowest BCUT2D eigenvalue weighted by Gasteiger charge is -2.29. The van der Waals surface area contributed by atoms with E-state index >= 15 is 0 Å². The van der Waals surface area contributed by atoms with Crippen molar-refractivity contribution >= 4 is 21.7 Å². The van der Waals surface area contributed by atoms with E-state index in [1.54, 1.807) is 0 Å². The molecule has 94 valence electrons. The van der Waals surface area contributed by atoms with E-state index in [9.17, 15) is 0 Å². The largest absolute Gasteiger partial charge is 0.370 e. The van der Waals surface area contributed by atoms with Gasteiger partial charge in [-0.15, -0.1) is 0 Å². The van der Waals surface area contributed by atoms with Crippen LogP contribution in [0.15, 0.2) is 16.7 Å². The molecule has 1 saturated carbocycles. The van der Waals surface area contributed by atoms with E-state index in [1.807, 2.05) is 6.20 Å². The van der Waals surface area contributed by atoms with Gasteiger partial charge in [0.2, 0.25) is 0 Å². The highest BCUT2D eigenvalue weighted by Gasteiger charge is 2.21. The molecule has 1 aromatic heterocycles. The third kappa shape index (κ3) is 3.42. The first kappa shape index (κ1) is 12.8. The van der Waals surface area contributed by atoms with Gasteiger partial charge < -0.3 is 11.1 Å². The van der Waals surface area contributed by atoms with E-state index in [0.29, 0.717) is 12.0 Å². The first-order chi connectivity index (χ1) is 8.16. The van der Waals surface area contributed by atoms with Gasteiger partial charge in [0.25, 0.3) is 0 Å². The quantitative estimate of drug-likeness (QED) is 0.901. The Morgan fingerprint density at radius 1 is 1.47 bits per heavy atom. The molecule has 17 heavy (non-hydrogen) atoms. The van der Waals surface area contributed by atoms with E-state index in [0.717, 1.165) is 16.8 Å². The van der Waals surface area contributed by atoms with Crippen molar-refractivity contribution in [2.45, 2.75) is 38.6 Å². The van der Waals surface area contributed by atoms with E-state index < -0.39 is 0 Å². The molecule has 2 unspecified atom stereocenters. The Labute approximate surface area is 111 Å². The number of rotatable bonds is 3. The van der Waals surface area contributed by atoms with Crippen LogP contribution in [0.3, 0.4) is 0 Å². The molecule has 3 nitrogen and oxygen atoms in total. The smallest absolute Gasteiger partial charge is 0.128 e. The molecular weight excluding hydrogens is 278 g/mol. The highest BCUT2D eigenvalue weighted by atomic mass is 79.9. The van der Waals surface area contributed by atoms with E-state index in [4.69, 9.17) is 5.73 Å².